The van der Waals surface area contributed by atoms with Crippen molar-refractivity contribution in [2.45, 2.75) is 13.5 Å². The van der Waals surface area contributed by atoms with Crippen LogP contribution in [0.3, 0.4) is 0 Å². The fourth-order valence-corrected chi connectivity index (χ4v) is 1.22. The lowest BCUT2D eigenvalue weighted by atomic mass is 10.4. The first kappa shape index (κ1) is 9.64. The zero-order valence-corrected chi connectivity index (χ0v) is 8.71. The molecule has 0 atom stereocenters. The van der Waals surface area contributed by atoms with Crippen LogP contribution >= 0.6 is 0 Å². The third kappa shape index (κ3) is 2.31. The quantitative estimate of drug-likeness (QED) is 0.751. The Morgan fingerprint density at radius 1 is 1.33 bits per heavy atom. The highest BCUT2D eigenvalue weighted by atomic mass is 16.5. The fraction of sp³-hybridized carbons (Fsp3) is 0.300. The SMILES string of the molecule is Cc1cc(COc2cncnc2)nn1C. The van der Waals surface area contributed by atoms with Crippen LogP contribution < -0.4 is 4.74 Å². The molecule has 0 aliphatic carbocycles. The molecule has 0 aliphatic heterocycles. The van der Waals surface area contributed by atoms with Crippen molar-refractivity contribution < 1.29 is 4.74 Å². The largest absolute Gasteiger partial charge is 0.484 e. The Bertz CT molecular complexity index is 418. The first-order valence-corrected chi connectivity index (χ1v) is 4.63. The van der Waals surface area contributed by atoms with Crippen molar-refractivity contribution in [3.8, 4) is 5.75 Å². The highest BCUT2D eigenvalue weighted by Gasteiger charge is 2.01. The van der Waals surface area contributed by atoms with Crippen LogP contribution in [0.25, 0.3) is 0 Å². The average Bonchev–Trinajstić information content (AvgIpc) is 2.57. The van der Waals surface area contributed by atoms with Crippen LogP contribution in [0.4, 0.5) is 0 Å². The molecule has 0 bridgehead atoms. The average molecular weight is 204 g/mol. The topological polar surface area (TPSA) is 52.8 Å². The zero-order valence-electron chi connectivity index (χ0n) is 8.71. The van der Waals surface area contributed by atoms with Crippen molar-refractivity contribution >= 4 is 0 Å². The molecule has 2 heterocycles. The van der Waals surface area contributed by atoms with Crippen LogP contribution in [0.15, 0.2) is 24.8 Å². The maximum absolute atomic E-state index is 5.46. The second kappa shape index (κ2) is 4.08. The maximum atomic E-state index is 5.46. The molecule has 0 radical (unpaired) electrons. The predicted octanol–water partition coefficient (Wildman–Crippen LogP) is 1.10. The van der Waals surface area contributed by atoms with Crippen LogP contribution in [0.2, 0.25) is 0 Å². The minimum atomic E-state index is 0.440. The van der Waals surface area contributed by atoms with Crippen molar-refractivity contribution in [1.82, 2.24) is 19.7 Å². The van der Waals surface area contributed by atoms with Gasteiger partial charge in [0.05, 0.1) is 12.4 Å². The van der Waals surface area contributed by atoms with E-state index < -0.39 is 0 Å². The van der Waals surface area contributed by atoms with E-state index in [1.165, 1.54) is 6.33 Å². The van der Waals surface area contributed by atoms with Gasteiger partial charge in [0.25, 0.3) is 0 Å². The van der Waals surface area contributed by atoms with E-state index in [2.05, 4.69) is 15.1 Å². The molecule has 0 spiro atoms. The summed E-state index contributed by atoms with van der Waals surface area (Å²) in [6.07, 6.45) is 4.73. The van der Waals surface area contributed by atoms with Crippen molar-refractivity contribution in [2.75, 3.05) is 0 Å². The molecule has 5 nitrogen and oxygen atoms in total. The van der Waals surface area contributed by atoms with E-state index in [0.717, 1.165) is 11.4 Å². The molecule has 0 aliphatic rings. The lowest BCUT2D eigenvalue weighted by Gasteiger charge is -2.01. The Morgan fingerprint density at radius 3 is 2.67 bits per heavy atom. The van der Waals surface area contributed by atoms with E-state index in [1.54, 1.807) is 12.4 Å². The summed E-state index contributed by atoms with van der Waals surface area (Å²) in [7, 11) is 1.91. The van der Waals surface area contributed by atoms with E-state index in [9.17, 15) is 0 Å². The van der Waals surface area contributed by atoms with Crippen molar-refractivity contribution in [3.63, 3.8) is 0 Å². The van der Waals surface area contributed by atoms with Gasteiger partial charge in [0.2, 0.25) is 0 Å². The van der Waals surface area contributed by atoms with Gasteiger partial charge in [-0.1, -0.05) is 0 Å². The predicted molar refractivity (Wildman–Crippen MR) is 54.3 cm³/mol. The molecule has 2 aromatic heterocycles. The van der Waals surface area contributed by atoms with Crippen LogP contribution in [0, 0.1) is 6.92 Å². The Labute approximate surface area is 87.7 Å². The molecule has 0 fully saturated rings. The lowest BCUT2D eigenvalue weighted by molar-refractivity contribution is 0.297. The fourth-order valence-electron chi connectivity index (χ4n) is 1.22. The third-order valence-corrected chi connectivity index (χ3v) is 2.09. The standard InChI is InChI=1S/C10H12N4O/c1-8-3-9(13-14(8)2)6-15-10-4-11-7-12-5-10/h3-5,7H,6H2,1-2H3. The molecule has 5 heteroatoms. The summed E-state index contributed by atoms with van der Waals surface area (Å²) in [5.41, 5.74) is 2.01. The van der Waals surface area contributed by atoms with Gasteiger partial charge >= 0.3 is 0 Å². The number of ether oxygens (including phenoxy) is 1. The molecule has 15 heavy (non-hydrogen) atoms. The second-order valence-corrected chi connectivity index (χ2v) is 3.26. The summed E-state index contributed by atoms with van der Waals surface area (Å²) < 4.78 is 7.28. The van der Waals surface area contributed by atoms with Crippen LogP contribution in [-0.4, -0.2) is 19.7 Å². The molecule has 78 valence electrons. The highest BCUT2D eigenvalue weighted by molar-refractivity contribution is 5.12. The van der Waals surface area contributed by atoms with Gasteiger partial charge in [-0.05, 0) is 13.0 Å². The summed E-state index contributed by atoms with van der Waals surface area (Å²) in [6.45, 7) is 2.44. The van der Waals surface area contributed by atoms with Gasteiger partial charge < -0.3 is 4.74 Å². The summed E-state index contributed by atoms with van der Waals surface area (Å²) in [5, 5.41) is 4.28. The zero-order chi connectivity index (χ0) is 10.7. The van der Waals surface area contributed by atoms with Gasteiger partial charge in [0.15, 0.2) is 5.75 Å². The molecule has 2 aromatic rings. The molecule has 0 saturated heterocycles. The Kier molecular flexibility index (Phi) is 2.62. The van der Waals surface area contributed by atoms with E-state index in [4.69, 9.17) is 4.74 Å². The minimum absolute atomic E-state index is 0.440. The molecular weight excluding hydrogens is 192 g/mol. The number of hydrogen-bond acceptors (Lipinski definition) is 4. The number of nitrogens with zero attached hydrogens (tertiary/aromatic N) is 4. The van der Waals surface area contributed by atoms with Crippen LogP contribution in [0.5, 0.6) is 5.75 Å². The summed E-state index contributed by atoms with van der Waals surface area (Å²) in [5.74, 6) is 0.654. The second-order valence-electron chi connectivity index (χ2n) is 3.26. The first-order valence-electron chi connectivity index (χ1n) is 4.63. The molecule has 0 N–H and O–H groups in total. The van der Waals surface area contributed by atoms with Gasteiger partial charge in [-0.25, -0.2) is 9.97 Å². The Balaban J connectivity index is 1.99. The smallest absolute Gasteiger partial charge is 0.156 e. The van der Waals surface area contributed by atoms with Crippen LogP contribution in [0.1, 0.15) is 11.4 Å². The number of aromatic nitrogens is 4. The van der Waals surface area contributed by atoms with Crippen LogP contribution in [-0.2, 0) is 13.7 Å². The molecule has 2 rings (SSSR count). The van der Waals surface area contributed by atoms with E-state index in [-0.39, 0.29) is 0 Å². The Morgan fingerprint density at radius 2 is 2.07 bits per heavy atom. The van der Waals surface area contributed by atoms with E-state index in [1.807, 2.05) is 24.7 Å². The first-order chi connectivity index (χ1) is 7.25. The summed E-state index contributed by atoms with van der Waals surface area (Å²) >= 11 is 0. The monoisotopic (exact) mass is 204 g/mol. The van der Waals surface area contributed by atoms with E-state index >= 15 is 0 Å². The van der Waals surface area contributed by atoms with Gasteiger partial charge in [-0.2, -0.15) is 5.10 Å². The maximum Gasteiger partial charge on any atom is 0.156 e. The van der Waals surface area contributed by atoms with Gasteiger partial charge in [0.1, 0.15) is 18.6 Å². The number of rotatable bonds is 3. The van der Waals surface area contributed by atoms with Crippen molar-refractivity contribution in [1.29, 1.82) is 0 Å². The molecular formula is C10H12N4O. The third-order valence-electron chi connectivity index (χ3n) is 2.09. The summed E-state index contributed by atoms with van der Waals surface area (Å²) in [6, 6.07) is 1.99. The van der Waals surface area contributed by atoms with Gasteiger partial charge in [-0.3, -0.25) is 4.68 Å². The van der Waals surface area contributed by atoms with Gasteiger partial charge in [0, 0.05) is 12.7 Å². The van der Waals surface area contributed by atoms with Gasteiger partial charge in [-0.15, -0.1) is 0 Å². The normalized spacial score (nSPS) is 10.3. The molecule has 0 saturated carbocycles. The molecule has 0 aromatic carbocycles. The molecule has 0 unspecified atom stereocenters. The lowest BCUT2D eigenvalue weighted by Crippen LogP contribution is -1.98. The number of hydrogen-bond donors (Lipinski definition) is 0. The Hall–Kier alpha value is -1.91. The highest BCUT2D eigenvalue weighted by Crippen LogP contribution is 2.08. The number of aryl methyl sites for hydroxylation is 2. The molecule has 0 amide bonds. The van der Waals surface area contributed by atoms with E-state index in [0.29, 0.717) is 12.4 Å². The minimum Gasteiger partial charge on any atom is -0.484 e. The van der Waals surface area contributed by atoms with Crippen molar-refractivity contribution in [3.05, 3.63) is 36.2 Å². The van der Waals surface area contributed by atoms with Crippen molar-refractivity contribution in [2.24, 2.45) is 7.05 Å². The summed E-state index contributed by atoms with van der Waals surface area (Å²) in [4.78, 5) is 7.72.